The van der Waals surface area contributed by atoms with E-state index in [1.807, 2.05) is 36.4 Å². The molecule has 138 valence electrons. The predicted molar refractivity (Wildman–Crippen MR) is 115 cm³/mol. The molecule has 0 fully saturated rings. The second kappa shape index (κ2) is 6.43. The number of halogens is 2. The lowest BCUT2D eigenvalue weighted by Crippen LogP contribution is -2.32. The minimum absolute atomic E-state index is 0.0812. The Kier molecular flexibility index (Phi) is 4.32. The highest BCUT2D eigenvalue weighted by Gasteiger charge is 2.36. The average Bonchev–Trinajstić information content (AvgIpc) is 2.98. The molecule has 0 aliphatic carbocycles. The van der Waals surface area contributed by atoms with Gasteiger partial charge in [0.2, 0.25) is 5.12 Å². The summed E-state index contributed by atoms with van der Waals surface area (Å²) >= 11 is 13.1. The summed E-state index contributed by atoms with van der Waals surface area (Å²) in [6.45, 7) is 6.60. The van der Waals surface area contributed by atoms with Gasteiger partial charge in [0.15, 0.2) is 0 Å². The first-order chi connectivity index (χ1) is 12.8. The summed E-state index contributed by atoms with van der Waals surface area (Å²) in [5, 5.41) is 6.56. The number of rotatable bonds is 2. The molecular formula is C22H21Cl2N3. The molecule has 2 aromatic carbocycles. The van der Waals surface area contributed by atoms with Crippen molar-refractivity contribution < 1.29 is 0 Å². The van der Waals surface area contributed by atoms with Gasteiger partial charge in [-0.05, 0) is 35.2 Å². The van der Waals surface area contributed by atoms with Crippen LogP contribution in [0.5, 0.6) is 0 Å². The van der Waals surface area contributed by atoms with E-state index in [2.05, 4.69) is 54.6 Å². The average molecular weight is 398 g/mol. The van der Waals surface area contributed by atoms with Gasteiger partial charge in [0, 0.05) is 17.3 Å². The van der Waals surface area contributed by atoms with Crippen LogP contribution in [0.4, 0.5) is 11.4 Å². The van der Waals surface area contributed by atoms with Crippen LogP contribution >= 0.6 is 23.2 Å². The van der Waals surface area contributed by atoms with Crippen LogP contribution < -0.4 is 10.6 Å². The normalized spacial score (nSPS) is 18.6. The summed E-state index contributed by atoms with van der Waals surface area (Å²) in [6, 6.07) is 18.0. The second-order valence-electron chi connectivity index (χ2n) is 7.83. The SMILES string of the molecule is CC(C)(C)c1ccc2c(c1)NC(Cl)(c1ccc(-c3ncccc3Cl)cc1)N2. The molecular weight excluding hydrogens is 377 g/mol. The van der Waals surface area contributed by atoms with Gasteiger partial charge in [-0.3, -0.25) is 4.98 Å². The Morgan fingerprint density at radius 1 is 0.926 bits per heavy atom. The zero-order valence-electron chi connectivity index (χ0n) is 15.5. The van der Waals surface area contributed by atoms with Crippen molar-refractivity contribution in [3.8, 4) is 11.3 Å². The van der Waals surface area contributed by atoms with Gasteiger partial charge in [-0.25, -0.2) is 0 Å². The van der Waals surface area contributed by atoms with Crippen molar-refractivity contribution in [1.29, 1.82) is 0 Å². The first-order valence-corrected chi connectivity index (χ1v) is 9.63. The summed E-state index contributed by atoms with van der Waals surface area (Å²) in [6.07, 6.45) is 1.74. The van der Waals surface area contributed by atoms with E-state index in [0.717, 1.165) is 28.2 Å². The van der Waals surface area contributed by atoms with Crippen molar-refractivity contribution in [3.63, 3.8) is 0 Å². The third-order valence-electron chi connectivity index (χ3n) is 4.81. The van der Waals surface area contributed by atoms with E-state index in [1.54, 1.807) is 6.20 Å². The van der Waals surface area contributed by atoms with E-state index in [0.29, 0.717) is 5.02 Å². The fraction of sp³-hybridized carbons (Fsp3) is 0.227. The number of aromatic nitrogens is 1. The number of nitrogens with zero attached hydrogens (tertiary/aromatic N) is 1. The van der Waals surface area contributed by atoms with Crippen LogP contribution in [0.25, 0.3) is 11.3 Å². The number of benzene rings is 2. The van der Waals surface area contributed by atoms with Crippen LogP contribution in [-0.2, 0) is 10.5 Å². The van der Waals surface area contributed by atoms with E-state index in [-0.39, 0.29) is 5.41 Å². The third kappa shape index (κ3) is 3.38. The molecule has 1 aromatic heterocycles. The molecule has 5 heteroatoms. The summed E-state index contributed by atoms with van der Waals surface area (Å²) in [5.74, 6) is 0. The minimum atomic E-state index is -0.884. The molecule has 1 aliphatic heterocycles. The summed E-state index contributed by atoms with van der Waals surface area (Å²) in [4.78, 5) is 4.36. The van der Waals surface area contributed by atoms with Gasteiger partial charge in [0.1, 0.15) is 0 Å². The quantitative estimate of drug-likeness (QED) is 0.378. The Morgan fingerprint density at radius 3 is 2.30 bits per heavy atom. The Morgan fingerprint density at radius 2 is 1.63 bits per heavy atom. The number of hydrogen-bond donors (Lipinski definition) is 2. The van der Waals surface area contributed by atoms with Crippen LogP contribution in [0, 0.1) is 0 Å². The van der Waals surface area contributed by atoms with Crippen molar-refractivity contribution >= 4 is 34.6 Å². The van der Waals surface area contributed by atoms with Gasteiger partial charge in [-0.2, -0.15) is 0 Å². The summed E-state index contributed by atoms with van der Waals surface area (Å²) in [7, 11) is 0. The molecule has 1 unspecified atom stereocenters. The molecule has 4 rings (SSSR count). The summed E-state index contributed by atoms with van der Waals surface area (Å²) < 4.78 is 0. The number of hydrogen-bond acceptors (Lipinski definition) is 3. The molecule has 0 amide bonds. The fourth-order valence-electron chi connectivity index (χ4n) is 3.23. The Hall–Kier alpha value is -2.23. The standard InChI is InChI=1S/C22H21Cl2N3/c1-21(2,3)16-10-11-18-19(13-16)27-22(24,26-18)15-8-6-14(7-9-15)20-17(23)5-4-12-25-20/h4-13,26-27H,1-3H3. The monoisotopic (exact) mass is 397 g/mol. The molecule has 0 saturated heterocycles. The van der Waals surface area contributed by atoms with E-state index in [9.17, 15) is 0 Å². The predicted octanol–water partition coefficient (Wildman–Crippen LogP) is 6.59. The van der Waals surface area contributed by atoms with Crippen LogP contribution in [0.3, 0.4) is 0 Å². The molecule has 1 aliphatic rings. The zero-order valence-corrected chi connectivity index (χ0v) is 17.0. The highest BCUT2D eigenvalue weighted by molar-refractivity contribution is 6.33. The molecule has 0 spiro atoms. The van der Waals surface area contributed by atoms with Crippen LogP contribution in [0.1, 0.15) is 31.9 Å². The van der Waals surface area contributed by atoms with Crippen LogP contribution in [-0.4, -0.2) is 4.98 Å². The van der Waals surface area contributed by atoms with Gasteiger partial charge < -0.3 is 10.6 Å². The molecule has 0 bridgehead atoms. The maximum Gasteiger partial charge on any atom is 0.213 e. The van der Waals surface area contributed by atoms with Crippen LogP contribution in [0.2, 0.25) is 5.02 Å². The van der Waals surface area contributed by atoms with Crippen LogP contribution in [0.15, 0.2) is 60.8 Å². The van der Waals surface area contributed by atoms with Gasteiger partial charge in [0.05, 0.1) is 22.1 Å². The van der Waals surface area contributed by atoms with Crippen molar-refractivity contribution in [2.24, 2.45) is 0 Å². The minimum Gasteiger partial charge on any atom is -0.345 e. The van der Waals surface area contributed by atoms with Crippen molar-refractivity contribution in [3.05, 3.63) is 76.9 Å². The molecule has 0 saturated carbocycles. The van der Waals surface area contributed by atoms with Gasteiger partial charge in [-0.15, -0.1) is 0 Å². The molecule has 27 heavy (non-hydrogen) atoms. The molecule has 0 radical (unpaired) electrons. The molecule has 2 heterocycles. The highest BCUT2D eigenvalue weighted by Crippen LogP contribution is 2.44. The maximum absolute atomic E-state index is 6.89. The van der Waals surface area contributed by atoms with Crippen molar-refractivity contribution in [2.75, 3.05) is 10.6 Å². The largest absolute Gasteiger partial charge is 0.345 e. The maximum atomic E-state index is 6.89. The molecule has 3 aromatic rings. The smallest absolute Gasteiger partial charge is 0.213 e. The van der Waals surface area contributed by atoms with Gasteiger partial charge in [0.25, 0.3) is 0 Å². The number of fused-ring (bicyclic) bond motifs is 1. The van der Waals surface area contributed by atoms with E-state index in [4.69, 9.17) is 23.2 Å². The summed E-state index contributed by atoms with van der Waals surface area (Å²) in [5.41, 5.74) is 5.99. The number of anilines is 2. The number of nitrogens with one attached hydrogen (secondary N) is 2. The Bertz CT molecular complexity index is 993. The van der Waals surface area contributed by atoms with Crippen molar-refractivity contribution in [2.45, 2.75) is 31.3 Å². The third-order valence-corrected chi connectivity index (χ3v) is 5.53. The first-order valence-electron chi connectivity index (χ1n) is 8.87. The lowest BCUT2D eigenvalue weighted by molar-refractivity contribution is 0.590. The first kappa shape index (κ1) is 18.1. The topological polar surface area (TPSA) is 37.0 Å². The zero-order chi connectivity index (χ0) is 19.2. The number of alkyl halides is 1. The second-order valence-corrected chi connectivity index (χ2v) is 8.80. The lowest BCUT2D eigenvalue weighted by atomic mass is 9.87. The molecule has 2 N–H and O–H groups in total. The number of pyridine rings is 1. The van der Waals surface area contributed by atoms with Crippen molar-refractivity contribution in [1.82, 2.24) is 4.98 Å². The lowest BCUT2D eigenvalue weighted by Gasteiger charge is -2.24. The van der Waals surface area contributed by atoms with E-state index in [1.165, 1.54) is 5.56 Å². The highest BCUT2D eigenvalue weighted by atomic mass is 35.5. The molecule has 1 atom stereocenters. The Labute approximate surface area is 169 Å². The van der Waals surface area contributed by atoms with E-state index >= 15 is 0 Å². The van der Waals surface area contributed by atoms with Gasteiger partial charge >= 0.3 is 0 Å². The fourth-order valence-corrected chi connectivity index (χ4v) is 3.79. The van der Waals surface area contributed by atoms with Gasteiger partial charge in [-0.1, -0.05) is 74.3 Å². The Balaban J connectivity index is 1.63. The molecule has 3 nitrogen and oxygen atoms in total. The van der Waals surface area contributed by atoms with E-state index < -0.39 is 5.12 Å².